The highest BCUT2D eigenvalue weighted by atomic mass is 16.7. The van der Waals surface area contributed by atoms with Gasteiger partial charge < -0.3 is 19.4 Å². The summed E-state index contributed by atoms with van der Waals surface area (Å²) >= 11 is 0. The molecule has 104 valence electrons. The molecule has 1 aliphatic carbocycles. The maximum Gasteiger partial charge on any atom is 0.269 e. The minimum atomic E-state index is -0.367. The standard InChI is InChI=1S/C13H19N3O3/c1-16-9-14-8-11(16)12(17)15-10-2-4-13(5-3-10)18-6-7-19-13/h8-10H,2-7H2,1H3,(H,15,17). The second-order valence-corrected chi connectivity index (χ2v) is 5.25. The third kappa shape index (κ3) is 2.50. The molecule has 1 N–H and O–H groups in total. The Morgan fingerprint density at radius 3 is 2.68 bits per heavy atom. The fourth-order valence-electron chi connectivity index (χ4n) is 2.82. The molecule has 1 spiro atoms. The molecule has 6 heteroatoms. The monoisotopic (exact) mass is 265 g/mol. The van der Waals surface area contributed by atoms with E-state index in [1.54, 1.807) is 17.1 Å². The third-order valence-corrected chi connectivity index (χ3v) is 3.95. The van der Waals surface area contributed by atoms with E-state index >= 15 is 0 Å². The smallest absolute Gasteiger partial charge is 0.269 e. The van der Waals surface area contributed by atoms with Crippen molar-refractivity contribution < 1.29 is 14.3 Å². The Bertz CT molecular complexity index is 455. The van der Waals surface area contributed by atoms with Gasteiger partial charge in [-0.2, -0.15) is 0 Å². The Morgan fingerprint density at radius 2 is 2.11 bits per heavy atom. The summed E-state index contributed by atoms with van der Waals surface area (Å²) in [4.78, 5) is 16.0. The Labute approximate surface area is 112 Å². The first kappa shape index (κ1) is 12.6. The quantitative estimate of drug-likeness (QED) is 0.860. The lowest BCUT2D eigenvalue weighted by Gasteiger charge is -2.35. The predicted octanol–water partition coefficient (Wildman–Crippen LogP) is 0.836. The number of nitrogens with one attached hydrogen (secondary N) is 1. The SMILES string of the molecule is Cn1cncc1C(=O)NC1CCC2(CC1)OCCO2. The Kier molecular flexibility index (Phi) is 3.28. The molecule has 2 fully saturated rings. The van der Waals surface area contributed by atoms with Crippen molar-refractivity contribution in [2.24, 2.45) is 7.05 Å². The summed E-state index contributed by atoms with van der Waals surface area (Å²) in [5.74, 6) is -0.428. The lowest BCUT2D eigenvalue weighted by molar-refractivity contribution is -0.179. The number of ether oxygens (including phenoxy) is 2. The Morgan fingerprint density at radius 1 is 1.42 bits per heavy atom. The molecule has 0 atom stereocenters. The van der Waals surface area contributed by atoms with Crippen molar-refractivity contribution in [3.05, 3.63) is 18.2 Å². The van der Waals surface area contributed by atoms with Crippen molar-refractivity contribution in [3.63, 3.8) is 0 Å². The lowest BCUT2D eigenvalue weighted by atomic mass is 9.90. The normalized spacial score (nSPS) is 22.8. The average Bonchev–Trinajstić information content (AvgIpc) is 3.02. The van der Waals surface area contributed by atoms with Gasteiger partial charge in [0.05, 0.1) is 25.7 Å². The van der Waals surface area contributed by atoms with Gasteiger partial charge in [0, 0.05) is 25.9 Å². The molecule has 0 aromatic carbocycles. The Hall–Kier alpha value is -1.40. The lowest BCUT2D eigenvalue weighted by Crippen LogP contribution is -2.44. The first-order valence-corrected chi connectivity index (χ1v) is 6.74. The fourth-order valence-corrected chi connectivity index (χ4v) is 2.82. The van der Waals surface area contributed by atoms with E-state index in [2.05, 4.69) is 10.3 Å². The number of amides is 1. The molecule has 1 aliphatic heterocycles. The van der Waals surface area contributed by atoms with Crippen LogP contribution in [0.3, 0.4) is 0 Å². The number of imidazole rings is 1. The van der Waals surface area contributed by atoms with Crippen LogP contribution in [0.5, 0.6) is 0 Å². The molecule has 0 radical (unpaired) electrons. The first-order valence-electron chi connectivity index (χ1n) is 6.74. The number of carbonyl (C=O) groups excluding carboxylic acids is 1. The number of aryl methyl sites for hydroxylation is 1. The van der Waals surface area contributed by atoms with E-state index < -0.39 is 0 Å². The summed E-state index contributed by atoms with van der Waals surface area (Å²) in [5, 5.41) is 3.06. The van der Waals surface area contributed by atoms with Gasteiger partial charge in [-0.05, 0) is 12.8 Å². The van der Waals surface area contributed by atoms with Crippen LogP contribution < -0.4 is 5.32 Å². The van der Waals surface area contributed by atoms with Crippen LogP contribution in [0.2, 0.25) is 0 Å². The van der Waals surface area contributed by atoms with Crippen LogP contribution in [-0.4, -0.2) is 40.5 Å². The molecule has 2 heterocycles. The first-order chi connectivity index (χ1) is 9.19. The number of hydrogen-bond acceptors (Lipinski definition) is 4. The summed E-state index contributed by atoms with van der Waals surface area (Å²) in [6.07, 6.45) is 6.70. The summed E-state index contributed by atoms with van der Waals surface area (Å²) in [7, 11) is 1.82. The van der Waals surface area contributed by atoms with Crippen LogP contribution in [0.4, 0.5) is 0 Å². The molecule has 1 aromatic heterocycles. The molecule has 1 saturated heterocycles. The van der Waals surface area contributed by atoms with Crippen molar-refractivity contribution in [2.75, 3.05) is 13.2 Å². The minimum absolute atomic E-state index is 0.0609. The van der Waals surface area contributed by atoms with Gasteiger partial charge in [0.2, 0.25) is 0 Å². The zero-order valence-corrected chi connectivity index (χ0v) is 11.1. The predicted molar refractivity (Wildman–Crippen MR) is 67.6 cm³/mol. The largest absolute Gasteiger partial charge is 0.348 e. The number of aromatic nitrogens is 2. The second kappa shape index (κ2) is 4.94. The summed E-state index contributed by atoms with van der Waals surface area (Å²) in [5.41, 5.74) is 0.591. The molecule has 1 amide bonds. The molecular formula is C13H19N3O3. The number of hydrogen-bond donors (Lipinski definition) is 1. The van der Waals surface area contributed by atoms with Crippen LogP contribution in [0.1, 0.15) is 36.2 Å². The zero-order chi connectivity index (χ0) is 13.3. The fraction of sp³-hybridized carbons (Fsp3) is 0.692. The van der Waals surface area contributed by atoms with Gasteiger partial charge in [0.1, 0.15) is 5.69 Å². The van der Waals surface area contributed by atoms with Gasteiger partial charge in [-0.3, -0.25) is 4.79 Å². The van der Waals surface area contributed by atoms with E-state index in [9.17, 15) is 4.79 Å². The van der Waals surface area contributed by atoms with Crippen LogP contribution in [-0.2, 0) is 16.5 Å². The van der Waals surface area contributed by atoms with Crippen molar-refractivity contribution in [1.82, 2.24) is 14.9 Å². The maximum absolute atomic E-state index is 12.1. The van der Waals surface area contributed by atoms with Crippen molar-refractivity contribution in [1.29, 1.82) is 0 Å². The highest BCUT2D eigenvalue weighted by molar-refractivity contribution is 5.92. The van der Waals surface area contributed by atoms with Gasteiger partial charge >= 0.3 is 0 Å². The zero-order valence-electron chi connectivity index (χ0n) is 11.1. The van der Waals surface area contributed by atoms with Gasteiger partial charge in [0.15, 0.2) is 5.79 Å². The molecular weight excluding hydrogens is 246 g/mol. The van der Waals surface area contributed by atoms with Crippen LogP contribution in [0.25, 0.3) is 0 Å². The topological polar surface area (TPSA) is 65.4 Å². The molecule has 1 aromatic rings. The van der Waals surface area contributed by atoms with Gasteiger partial charge in [0.25, 0.3) is 5.91 Å². The number of nitrogens with zero attached hydrogens (tertiary/aromatic N) is 2. The van der Waals surface area contributed by atoms with E-state index in [0.29, 0.717) is 18.9 Å². The van der Waals surface area contributed by atoms with E-state index in [0.717, 1.165) is 25.7 Å². The second-order valence-electron chi connectivity index (χ2n) is 5.25. The highest BCUT2D eigenvalue weighted by Crippen LogP contribution is 2.35. The number of carbonyl (C=O) groups is 1. The molecule has 6 nitrogen and oxygen atoms in total. The summed E-state index contributed by atoms with van der Waals surface area (Å²) < 4.78 is 13.1. The molecule has 0 unspecified atom stereocenters. The van der Waals surface area contributed by atoms with Crippen molar-refractivity contribution in [3.8, 4) is 0 Å². The van der Waals surface area contributed by atoms with Gasteiger partial charge in [-0.15, -0.1) is 0 Å². The Balaban J connectivity index is 1.55. The average molecular weight is 265 g/mol. The number of rotatable bonds is 2. The van der Waals surface area contributed by atoms with Crippen LogP contribution in [0, 0.1) is 0 Å². The summed E-state index contributed by atoms with van der Waals surface area (Å²) in [6, 6.07) is 0.195. The molecule has 19 heavy (non-hydrogen) atoms. The van der Waals surface area contributed by atoms with Gasteiger partial charge in [-0.1, -0.05) is 0 Å². The highest BCUT2D eigenvalue weighted by Gasteiger charge is 2.40. The maximum atomic E-state index is 12.1. The van der Waals surface area contributed by atoms with E-state index in [-0.39, 0.29) is 17.7 Å². The minimum Gasteiger partial charge on any atom is -0.348 e. The molecule has 2 aliphatic rings. The van der Waals surface area contributed by atoms with Crippen molar-refractivity contribution in [2.45, 2.75) is 37.5 Å². The van der Waals surface area contributed by atoms with Crippen LogP contribution in [0.15, 0.2) is 12.5 Å². The third-order valence-electron chi connectivity index (χ3n) is 3.95. The van der Waals surface area contributed by atoms with Gasteiger partial charge in [-0.25, -0.2) is 4.98 Å². The molecule has 1 saturated carbocycles. The van der Waals surface area contributed by atoms with E-state index in [1.807, 2.05) is 7.05 Å². The van der Waals surface area contributed by atoms with E-state index in [4.69, 9.17) is 9.47 Å². The van der Waals surface area contributed by atoms with Crippen LogP contribution >= 0.6 is 0 Å². The summed E-state index contributed by atoms with van der Waals surface area (Å²) in [6.45, 7) is 1.37. The van der Waals surface area contributed by atoms with Crippen molar-refractivity contribution >= 4 is 5.91 Å². The molecule has 3 rings (SSSR count). The molecule has 0 bridgehead atoms. The van der Waals surface area contributed by atoms with E-state index in [1.165, 1.54) is 0 Å².